The molecule has 154 valence electrons. The Labute approximate surface area is 180 Å². The first-order chi connectivity index (χ1) is 12.7. The van der Waals surface area contributed by atoms with Gasteiger partial charge in [0.25, 0.3) is 0 Å². The maximum Gasteiger partial charge on any atom is 0.218 e. The maximum atomic E-state index is 5.70. The van der Waals surface area contributed by atoms with E-state index < -0.39 is 0 Å². The van der Waals surface area contributed by atoms with Crippen LogP contribution in [0.2, 0.25) is 0 Å². The Morgan fingerprint density at radius 3 is 2.67 bits per heavy atom. The highest BCUT2D eigenvalue weighted by molar-refractivity contribution is 14.0. The Morgan fingerprint density at radius 2 is 2.00 bits per heavy atom. The van der Waals surface area contributed by atoms with Crippen LogP contribution in [0.25, 0.3) is 0 Å². The van der Waals surface area contributed by atoms with Gasteiger partial charge in [-0.3, -0.25) is 0 Å². The zero-order valence-electron chi connectivity index (χ0n) is 16.9. The second kappa shape index (κ2) is 13.1. The monoisotopic (exact) mass is 490 g/mol. The van der Waals surface area contributed by atoms with Crippen molar-refractivity contribution in [2.75, 3.05) is 33.4 Å². The van der Waals surface area contributed by atoms with E-state index in [0.29, 0.717) is 31.1 Å². The fourth-order valence-electron chi connectivity index (χ4n) is 3.45. The lowest BCUT2D eigenvalue weighted by atomic mass is 9.83. The lowest BCUT2D eigenvalue weighted by molar-refractivity contribution is 0.143. The van der Waals surface area contributed by atoms with Crippen LogP contribution < -0.4 is 15.4 Å². The normalized spacial score (nSPS) is 15.9. The first kappa shape index (κ1) is 23.9. The van der Waals surface area contributed by atoms with E-state index in [1.165, 1.54) is 32.1 Å². The zero-order chi connectivity index (χ0) is 18.7. The van der Waals surface area contributed by atoms with Crippen molar-refractivity contribution in [3.63, 3.8) is 0 Å². The Kier molecular flexibility index (Phi) is 11.7. The van der Waals surface area contributed by atoms with E-state index >= 15 is 0 Å². The first-order valence-corrected chi connectivity index (χ1v) is 9.81. The number of hydrogen-bond acceptors (Lipinski definition) is 4. The number of aliphatic imine (C=N–C) groups is 1. The molecule has 0 amide bonds. The van der Waals surface area contributed by atoms with E-state index in [1.807, 2.05) is 12.1 Å². The van der Waals surface area contributed by atoms with Gasteiger partial charge in [-0.05, 0) is 37.7 Å². The van der Waals surface area contributed by atoms with Crippen LogP contribution in [0, 0.1) is 5.41 Å². The maximum absolute atomic E-state index is 5.70. The van der Waals surface area contributed by atoms with Gasteiger partial charge in [-0.15, -0.1) is 24.0 Å². The summed E-state index contributed by atoms with van der Waals surface area (Å²) in [7, 11) is 1.66. The fourth-order valence-corrected chi connectivity index (χ4v) is 3.45. The number of methoxy groups -OCH3 is 1. The second-order valence-electron chi connectivity index (χ2n) is 6.92. The predicted octanol–water partition coefficient (Wildman–Crippen LogP) is 3.75. The van der Waals surface area contributed by atoms with Gasteiger partial charge in [0.2, 0.25) is 5.88 Å². The largest absolute Gasteiger partial charge is 0.475 e. The Morgan fingerprint density at radius 1 is 1.22 bits per heavy atom. The molecular weight excluding hydrogens is 455 g/mol. The minimum Gasteiger partial charge on any atom is -0.475 e. The third-order valence-corrected chi connectivity index (χ3v) is 5.17. The molecule has 0 saturated heterocycles. The summed E-state index contributed by atoms with van der Waals surface area (Å²) >= 11 is 0. The Balaban J connectivity index is 0.00000364. The van der Waals surface area contributed by atoms with E-state index in [0.717, 1.165) is 24.6 Å². The molecule has 2 rings (SSSR count). The summed E-state index contributed by atoms with van der Waals surface area (Å²) < 4.78 is 10.7. The highest BCUT2D eigenvalue weighted by Crippen LogP contribution is 2.40. The molecule has 1 fully saturated rings. The summed E-state index contributed by atoms with van der Waals surface area (Å²) in [6.45, 7) is 7.78. The smallest absolute Gasteiger partial charge is 0.218 e. The fraction of sp³-hybridized carbons (Fsp3) is 0.700. The van der Waals surface area contributed by atoms with E-state index in [2.05, 4.69) is 29.5 Å². The molecule has 1 aromatic rings. The van der Waals surface area contributed by atoms with Gasteiger partial charge in [0.15, 0.2) is 5.96 Å². The third kappa shape index (κ3) is 7.81. The number of rotatable bonds is 10. The molecule has 0 aromatic carbocycles. The third-order valence-electron chi connectivity index (χ3n) is 5.17. The minimum absolute atomic E-state index is 0. The van der Waals surface area contributed by atoms with Crippen molar-refractivity contribution in [3.8, 4) is 5.88 Å². The van der Waals surface area contributed by atoms with Gasteiger partial charge in [0, 0.05) is 32.0 Å². The molecule has 0 radical (unpaired) electrons. The van der Waals surface area contributed by atoms with E-state index in [4.69, 9.17) is 14.5 Å². The highest BCUT2D eigenvalue weighted by Gasteiger charge is 2.31. The van der Waals surface area contributed by atoms with Gasteiger partial charge in [0.05, 0.1) is 13.2 Å². The molecule has 0 unspecified atom stereocenters. The molecular formula is C20H35IN4O2. The molecule has 1 aliphatic rings. The van der Waals surface area contributed by atoms with Crippen LogP contribution in [-0.4, -0.2) is 44.4 Å². The first-order valence-electron chi connectivity index (χ1n) is 9.81. The summed E-state index contributed by atoms with van der Waals surface area (Å²) in [5.41, 5.74) is 1.41. The summed E-state index contributed by atoms with van der Waals surface area (Å²) in [6, 6.07) is 3.92. The number of nitrogens with zero attached hydrogens (tertiary/aromatic N) is 2. The molecule has 27 heavy (non-hydrogen) atoms. The van der Waals surface area contributed by atoms with Gasteiger partial charge < -0.3 is 20.1 Å². The number of aromatic nitrogens is 1. The van der Waals surface area contributed by atoms with E-state index in [9.17, 15) is 0 Å². The van der Waals surface area contributed by atoms with Gasteiger partial charge in [0.1, 0.15) is 6.61 Å². The highest BCUT2D eigenvalue weighted by atomic mass is 127. The lowest BCUT2D eigenvalue weighted by Crippen LogP contribution is -2.42. The van der Waals surface area contributed by atoms with Gasteiger partial charge in [-0.1, -0.05) is 25.8 Å². The van der Waals surface area contributed by atoms with Crippen molar-refractivity contribution >= 4 is 29.9 Å². The summed E-state index contributed by atoms with van der Waals surface area (Å²) in [5, 5.41) is 6.90. The SMILES string of the molecule is CCNC(=NCc1cccnc1OCCOC)NCC1(CC)CCCC1.I. The standard InChI is InChI=1S/C20H34N4O2.HI/c1-4-20(10-6-7-11-20)16-24-19(21-5-2)23-15-17-9-8-12-22-18(17)26-14-13-25-3;/h8-9,12H,4-7,10-11,13-16H2,1-3H3,(H2,21,23,24);1H. The number of nitrogens with one attached hydrogen (secondary N) is 2. The van der Waals surface area contributed by atoms with Crippen LogP contribution in [0.3, 0.4) is 0 Å². The summed E-state index contributed by atoms with van der Waals surface area (Å²) in [6.07, 6.45) is 8.29. The summed E-state index contributed by atoms with van der Waals surface area (Å²) in [5.74, 6) is 1.49. The predicted molar refractivity (Wildman–Crippen MR) is 121 cm³/mol. The van der Waals surface area contributed by atoms with Crippen LogP contribution >= 0.6 is 24.0 Å². The quantitative estimate of drug-likeness (QED) is 0.226. The Hall–Kier alpha value is -1.09. The number of halogens is 1. The van der Waals surface area contributed by atoms with Crippen molar-refractivity contribution in [2.45, 2.75) is 52.5 Å². The van der Waals surface area contributed by atoms with Crippen molar-refractivity contribution in [1.82, 2.24) is 15.6 Å². The minimum atomic E-state index is 0. The summed E-state index contributed by atoms with van der Waals surface area (Å²) in [4.78, 5) is 9.06. The van der Waals surface area contributed by atoms with Crippen LogP contribution in [0.15, 0.2) is 23.3 Å². The molecule has 1 saturated carbocycles. The molecule has 0 spiro atoms. The second-order valence-corrected chi connectivity index (χ2v) is 6.92. The molecule has 1 aromatic heterocycles. The molecule has 0 aliphatic heterocycles. The number of ether oxygens (including phenoxy) is 2. The van der Waals surface area contributed by atoms with Gasteiger partial charge >= 0.3 is 0 Å². The number of pyridine rings is 1. The molecule has 1 heterocycles. The number of hydrogen-bond donors (Lipinski definition) is 2. The number of guanidine groups is 1. The van der Waals surface area contributed by atoms with Crippen molar-refractivity contribution < 1.29 is 9.47 Å². The van der Waals surface area contributed by atoms with Crippen molar-refractivity contribution in [3.05, 3.63) is 23.9 Å². The topological polar surface area (TPSA) is 67.8 Å². The Bertz CT molecular complexity index is 563. The van der Waals surface area contributed by atoms with E-state index in [-0.39, 0.29) is 24.0 Å². The van der Waals surface area contributed by atoms with Crippen molar-refractivity contribution in [1.29, 1.82) is 0 Å². The van der Waals surface area contributed by atoms with E-state index in [1.54, 1.807) is 13.3 Å². The van der Waals surface area contributed by atoms with Crippen LogP contribution in [0.1, 0.15) is 51.5 Å². The van der Waals surface area contributed by atoms with Crippen LogP contribution in [-0.2, 0) is 11.3 Å². The molecule has 1 aliphatic carbocycles. The van der Waals surface area contributed by atoms with Gasteiger partial charge in [-0.25, -0.2) is 9.98 Å². The average Bonchev–Trinajstić information content (AvgIpc) is 3.15. The molecule has 6 nitrogen and oxygen atoms in total. The molecule has 2 N–H and O–H groups in total. The van der Waals surface area contributed by atoms with Crippen LogP contribution in [0.5, 0.6) is 5.88 Å². The molecule has 7 heteroatoms. The molecule has 0 atom stereocenters. The zero-order valence-corrected chi connectivity index (χ0v) is 19.3. The molecule has 0 bridgehead atoms. The van der Waals surface area contributed by atoms with Crippen molar-refractivity contribution in [2.24, 2.45) is 10.4 Å². The van der Waals surface area contributed by atoms with Gasteiger partial charge in [-0.2, -0.15) is 0 Å². The van der Waals surface area contributed by atoms with Crippen LogP contribution in [0.4, 0.5) is 0 Å². The lowest BCUT2D eigenvalue weighted by Gasteiger charge is -2.28. The average molecular weight is 490 g/mol.